The maximum absolute atomic E-state index is 12.9. The van der Waals surface area contributed by atoms with Gasteiger partial charge in [-0.25, -0.2) is 4.98 Å². The van der Waals surface area contributed by atoms with E-state index >= 15 is 0 Å². The average Bonchev–Trinajstić information content (AvgIpc) is 3.34. The third-order valence-electron chi connectivity index (χ3n) is 4.41. The van der Waals surface area contributed by atoms with Gasteiger partial charge in [0.05, 0.1) is 4.88 Å². The van der Waals surface area contributed by atoms with Gasteiger partial charge in [-0.15, -0.1) is 22.7 Å². The van der Waals surface area contributed by atoms with Crippen LogP contribution in [0.2, 0.25) is 0 Å². The van der Waals surface area contributed by atoms with Gasteiger partial charge in [-0.1, -0.05) is 6.07 Å². The topological polar surface area (TPSA) is 79.5 Å². The Balaban J connectivity index is 1.81. The predicted molar refractivity (Wildman–Crippen MR) is 101 cm³/mol. The molecule has 3 heterocycles. The number of aromatic nitrogens is 1. The van der Waals surface area contributed by atoms with E-state index in [9.17, 15) is 9.59 Å². The lowest BCUT2D eigenvalue weighted by Crippen LogP contribution is -2.47. The van der Waals surface area contributed by atoms with Gasteiger partial charge in [-0.3, -0.25) is 9.59 Å². The quantitative estimate of drug-likeness (QED) is 0.866. The van der Waals surface area contributed by atoms with Crippen LogP contribution in [0, 0.1) is 0 Å². The number of nitrogens with two attached hydrogens (primary N) is 1. The molecule has 1 aliphatic rings. The second-order valence-corrected chi connectivity index (χ2v) is 7.80. The molecule has 3 rings (SSSR count). The van der Waals surface area contributed by atoms with Crippen LogP contribution in [0.25, 0.3) is 9.88 Å². The summed E-state index contributed by atoms with van der Waals surface area (Å²) >= 11 is 3.04. The Morgan fingerprint density at radius 1 is 1.36 bits per heavy atom. The number of thiophene rings is 1. The molecule has 2 aromatic heterocycles. The Bertz CT molecular complexity index is 740. The summed E-state index contributed by atoms with van der Waals surface area (Å²) in [5, 5.41) is 4.57. The van der Waals surface area contributed by atoms with Crippen molar-refractivity contribution in [1.29, 1.82) is 0 Å². The van der Waals surface area contributed by atoms with Crippen LogP contribution in [0.3, 0.4) is 0 Å². The van der Waals surface area contributed by atoms with E-state index in [1.54, 1.807) is 26.5 Å². The maximum atomic E-state index is 12.9. The minimum Gasteiger partial charge on any atom is -0.341 e. The first kappa shape index (κ1) is 18.0. The summed E-state index contributed by atoms with van der Waals surface area (Å²) in [5.41, 5.74) is 6.44. The van der Waals surface area contributed by atoms with E-state index in [1.807, 2.05) is 31.4 Å². The van der Waals surface area contributed by atoms with Crippen LogP contribution in [0.4, 0.5) is 0 Å². The Morgan fingerprint density at radius 3 is 2.76 bits per heavy atom. The second kappa shape index (κ2) is 7.63. The third-order valence-corrected chi connectivity index (χ3v) is 6.29. The molecular formula is C17H22N4O2S2. The summed E-state index contributed by atoms with van der Waals surface area (Å²) < 4.78 is 0. The molecule has 2 amide bonds. The fourth-order valence-electron chi connectivity index (χ4n) is 3.11. The summed E-state index contributed by atoms with van der Waals surface area (Å²) in [6.07, 6.45) is 0.503. The lowest BCUT2D eigenvalue weighted by Gasteiger charge is -2.28. The third kappa shape index (κ3) is 3.61. The van der Waals surface area contributed by atoms with Crippen molar-refractivity contribution in [3.63, 3.8) is 0 Å². The fraction of sp³-hybridized carbons (Fsp3) is 0.471. The number of likely N-dealkylation sites (tertiary alicyclic amines) is 1. The highest BCUT2D eigenvalue weighted by molar-refractivity contribution is 7.20. The van der Waals surface area contributed by atoms with Gasteiger partial charge in [0.25, 0.3) is 5.91 Å². The number of amides is 2. The van der Waals surface area contributed by atoms with Crippen molar-refractivity contribution in [1.82, 2.24) is 14.8 Å². The van der Waals surface area contributed by atoms with Gasteiger partial charge >= 0.3 is 0 Å². The molecule has 0 unspecified atom stereocenters. The first-order valence-electron chi connectivity index (χ1n) is 8.39. The van der Waals surface area contributed by atoms with Crippen molar-refractivity contribution in [3.05, 3.63) is 28.6 Å². The SMILES string of the molecule is CCN(CC)C(=O)[C@@H]1C[C@@H](N)CN1C(=O)c1csc(-c2cccs2)n1. The Labute approximate surface area is 155 Å². The van der Waals surface area contributed by atoms with E-state index < -0.39 is 6.04 Å². The van der Waals surface area contributed by atoms with Crippen LogP contribution in [0.1, 0.15) is 30.8 Å². The number of carbonyl (C=O) groups is 2. The molecular weight excluding hydrogens is 356 g/mol. The van der Waals surface area contributed by atoms with Crippen molar-refractivity contribution in [2.24, 2.45) is 5.73 Å². The molecule has 134 valence electrons. The van der Waals surface area contributed by atoms with Gasteiger partial charge in [0.2, 0.25) is 5.91 Å². The monoisotopic (exact) mass is 378 g/mol. The lowest BCUT2D eigenvalue weighted by atomic mass is 10.1. The van der Waals surface area contributed by atoms with E-state index in [0.29, 0.717) is 31.7 Å². The first-order chi connectivity index (χ1) is 12.0. The van der Waals surface area contributed by atoms with Gasteiger partial charge in [0.15, 0.2) is 0 Å². The number of carbonyl (C=O) groups excluding carboxylic acids is 2. The van der Waals surface area contributed by atoms with Crippen LogP contribution in [-0.2, 0) is 4.79 Å². The molecule has 1 saturated heterocycles. The number of nitrogens with zero attached hydrogens (tertiary/aromatic N) is 3. The van der Waals surface area contributed by atoms with Crippen LogP contribution in [0.5, 0.6) is 0 Å². The largest absolute Gasteiger partial charge is 0.341 e. The summed E-state index contributed by atoms with van der Waals surface area (Å²) in [6, 6.07) is 3.27. The van der Waals surface area contributed by atoms with Crippen molar-refractivity contribution < 1.29 is 9.59 Å². The summed E-state index contributed by atoms with van der Waals surface area (Å²) in [5.74, 6) is -0.238. The molecule has 2 N–H and O–H groups in total. The fourth-order valence-corrected chi connectivity index (χ4v) is 4.71. The number of hydrogen-bond acceptors (Lipinski definition) is 6. The average molecular weight is 379 g/mol. The molecule has 0 radical (unpaired) electrons. The van der Waals surface area contributed by atoms with E-state index in [0.717, 1.165) is 9.88 Å². The van der Waals surface area contributed by atoms with E-state index in [2.05, 4.69) is 4.98 Å². The zero-order chi connectivity index (χ0) is 18.0. The maximum Gasteiger partial charge on any atom is 0.274 e. The standard InChI is InChI=1S/C17H22N4O2S2/c1-3-20(4-2)17(23)13-8-11(18)9-21(13)16(22)12-10-25-15(19-12)14-6-5-7-24-14/h5-7,10-11,13H,3-4,8-9,18H2,1-2H3/t11-,13+/m1/s1. The number of likely N-dealkylation sites (N-methyl/N-ethyl adjacent to an activating group) is 1. The normalized spacial score (nSPS) is 20.0. The highest BCUT2D eigenvalue weighted by Gasteiger charge is 2.40. The van der Waals surface area contributed by atoms with Crippen LogP contribution in [0.15, 0.2) is 22.9 Å². The molecule has 0 aromatic carbocycles. The van der Waals surface area contributed by atoms with Crippen molar-refractivity contribution in [2.45, 2.75) is 32.4 Å². The van der Waals surface area contributed by atoms with E-state index in [4.69, 9.17) is 5.73 Å². The summed E-state index contributed by atoms with van der Waals surface area (Å²) in [4.78, 5) is 34.5. The smallest absolute Gasteiger partial charge is 0.274 e. The van der Waals surface area contributed by atoms with Gasteiger partial charge in [-0.05, 0) is 31.7 Å². The van der Waals surface area contributed by atoms with Crippen molar-refractivity contribution in [2.75, 3.05) is 19.6 Å². The zero-order valence-corrected chi connectivity index (χ0v) is 16.0. The number of hydrogen-bond donors (Lipinski definition) is 1. The first-order valence-corrected chi connectivity index (χ1v) is 10.2. The number of rotatable bonds is 5. The molecule has 0 spiro atoms. The highest BCUT2D eigenvalue weighted by Crippen LogP contribution is 2.29. The molecule has 6 nitrogen and oxygen atoms in total. The molecule has 0 aliphatic carbocycles. The van der Waals surface area contributed by atoms with Gasteiger partial charge in [0.1, 0.15) is 16.7 Å². The van der Waals surface area contributed by atoms with Gasteiger partial charge in [0, 0.05) is 31.1 Å². The van der Waals surface area contributed by atoms with Crippen LogP contribution in [-0.4, -0.2) is 58.3 Å². The van der Waals surface area contributed by atoms with Crippen LogP contribution >= 0.6 is 22.7 Å². The van der Waals surface area contributed by atoms with Crippen molar-refractivity contribution >= 4 is 34.5 Å². The molecule has 1 fully saturated rings. The molecule has 0 bridgehead atoms. The Kier molecular flexibility index (Phi) is 5.51. The van der Waals surface area contributed by atoms with Crippen LogP contribution < -0.4 is 5.73 Å². The molecule has 1 aliphatic heterocycles. The van der Waals surface area contributed by atoms with Crippen molar-refractivity contribution in [3.8, 4) is 9.88 Å². The van der Waals surface area contributed by atoms with E-state index in [-0.39, 0.29) is 17.9 Å². The Hall–Kier alpha value is -1.77. The molecule has 2 aromatic rings. The van der Waals surface area contributed by atoms with Gasteiger partial charge < -0.3 is 15.5 Å². The van der Waals surface area contributed by atoms with E-state index in [1.165, 1.54) is 11.3 Å². The molecule has 25 heavy (non-hydrogen) atoms. The predicted octanol–water partition coefficient (Wildman–Crippen LogP) is 2.28. The zero-order valence-electron chi connectivity index (χ0n) is 14.3. The number of thiazole rings is 1. The highest BCUT2D eigenvalue weighted by atomic mass is 32.1. The molecule has 2 atom stereocenters. The lowest BCUT2D eigenvalue weighted by molar-refractivity contribution is -0.134. The summed E-state index contributed by atoms with van der Waals surface area (Å²) in [6.45, 7) is 5.53. The minimum absolute atomic E-state index is 0.0278. The molecule has 8 heteroatoms. The second-order valence-electron chi connectivity index (χ2n) is 5.99. The minimum atomic E-state index is -0.491. The molecule has 0 saturated carbocycles. The van der Waals surface area contributed by atoms with Gasteiger partial charge in [-0.2, -0.15) is 0 Å². The summed E-state index contributed by atoms with van der Waals surface area (Å²) in [7, 11) is 0. The Morgan fingerprint density at radius 2 is 2.12 bits per heavy atom.